The molecule has 0 aliphatic heterocycles. The third-order valence-electron chi connectivity index (χ3n) is 2.96. The molecule has 0 saturated carbocycles. The molecule has 102 valence electrons. The number of hydrogen-bond donors (Lipinski definition) is 1. The smallest absolute Gasteiger partial charge is 0.126 e. The normalized spacial score (nSPS) is 12.9. The molecular weight excluding hydrogens is 267 g/mol. The molecule has 2 aromatic rings. The number of hydrogen-bond acceptors (Lipinski definition) is 2. The zero-order valence-electron chi connectivity index (χ0n) is 10.8. The Hall–Kier alpha value is -1.39. The van der Waals surface area contributed by atoms with Crippen LogP contribution in [0.4, 0.5) is 4.39 Å². The Morgan fingerprint density at radius 3 is 2.79 bits per heavy atom. The maximum absolute atomic E-state index is 13.6. The zero-order chi connectivity index (χ0) is 14.0. The first-order chi connectivity index (χ1) is 8.97. The molecule has 1 heterocycles. The Morgan fingerprint density at radius 2 is 2.16 bits per heavy atom. The average Bonchev–Trinajstić information content (AvgIpc) is 2.83. The minimum absolute atomic E-state index is 0.177. The second-order valence-electron chi connectivity index (χ2n) is 4.80. The van der Waals surface area contributed by atoms with Gasteiger partial charge < -0.3 is 5.11 Å². The minimum Gasteiger partial charge on any atom is -0.388 e. The summed E-state index contributed by atoms with van der Waals surface area (Å²) in [6, 6.07) is 4.56. The molecular formula is C14H16ClFN2O. The Bertz CT molecular complexity index is 568. The molecule has 0 spiro atoms. The summed E-state index contributed by atoms with van der Waals surface area (Å²) in [6.07, 6.45) is 2.77. The van der Waals surface area contributed by atoms with E-state index in [9.17, 15) is 9.50 Å². The van der Waals surface area contributed by atoms with E-state index in [2.05, 4.69) is 5.10 Å². The van der Waals surface area contributed by atoms with Crippen LogP contribution in [0.2, 0.25) is 5.02 Å². The summed E-state index contributed by atoms with van der Waals surface area (Å²) in [5.74, 6) is -0.361. The van der Waals surface area contributed by atoms with Gasteiger partial charge in [-0.05, 0) is 37.6 Å². The van der Waals surface area contributed by atoms with Crippen LogP contribution >= 0.6 is 11.6 Å². The molecule has 19 heavy (non-hydrogen) atoms. The Labute approximate surface area is 116 Å². The third-order valence-corrected chi connectivity index (χ3v) is 3.19. The molecule has 1 atom stereocenters. The largest absolute Gasteiger partial charge is 0.388 e. The summed E-state index contributed by atoms with van der Waals surface area (Å²) >= 11 is 5.83. The van der Waals surface area contributed by atoms with Gasteiger partial charge in [0.25, 0.3) is 0 Å². The molecule has 1 N–H and O–H groups in total. The van der Waals surface area contributed by atoms with Crippen molar-refractivity contribution < 1.29 is 9.50 Å². The number of benzene rings is 1. The molecule has 5 heteroatoms. The number of aliphatic hydroxyl groups is 1. The second kappa shape index (κ2) is 5.72. The molecule has 0 saturated heterocycles. The van der Waals surface area contributed by atoms with Gasteiger partial charge in [-0.2, -0.15) is 5.10 Å². The first-order valence-corrected chi connectivity index (χ1v) is 6.51. The van der Waals surface area contributed by atoms with Gasteiger partial charge in [0.05, 0.1) is 12.3 Å². The highest BCUT2D eigenvalue weighted by Gasteiger charge is 2.14. The molecule has 0 aliphatic rings. The summed E-state index contributed by atoms with van der Waals surface area (Å²) in [4.78, 5) is 0. The minimum atomic E-state index is -0.791. The van der Waals surface area contributed by atoms with Gasteiger partial charge in [-0.3, -0.25) is 4.68 Å². The number of nitrogens with zero attached hydrogens (tertiary/aromatic N) is 2. The van der Waals surface area contributed by atoms with Crippen LogP contribution < -0.4 is 0 Å². The second-order valence-corrected chi connectivity index (χ2v) is 5.24. The Balaban J connectivity index is 2.15. The summed E-state index contributed by atoms with van der Waals surface area (Å²) in [5.41, 5.74) is 1.07. The molecule has 3 nitrogen and oxygen atoms in total. The van der Waals surface area contributed by atoms with E-state index in [-0.39, 0.29) is 18.3 Å². The van der Waals surface area contributed by atoms with Crippen molar-refractivity contribution in [2.24, 2.45) is 0 Å². The monoisotopic (exact) mass is 282 g/mol. The van der Waals surface area contributed by atoms with Crippen LogP contribution in [0.1, 0.15) is 37.1 Å². The lowest BCUT2D eigenvalue weighted by Crippen LogP contribution is -2.04. The van der Waals surface area contributed by atoms with Gasteiger partial charge in [-0.15, -0.1) is 0 Å². The first-order valence-electron chi connectivity index (χ1n) is 6.13. The summed E-state index contributed by atoms with van der Waals surface area (Å²) in [5, 5.41) is 14.7. The summed E-state index contributed by atoms with van der Waals surface area (Å²) < 4.78 is 15.3. The van der Waals surface area contributed by atoms with Crippen molar-refractivity contribution in [3.05, 3.63) is 52.6 Å². The number of halogens is 2. The van der Waals surface area contributed by atoms with Crippen molar-refractivity contribution in [3.8, 4) is 0 Å². The van der Waals surface area contributed by atoms with Crippen LogP contribution in [0.25, 0.3) is 0 Å². The maximum atomic E-state index is 13.6. The van der Waals surface area contributed by atoms with Gasteiger partial charge >= 0.3 is 0 Å². The summed E-state index contributed by atoms with van der Waals surface area (Å²) in [6.45, 7) is 4.00. The molecule has 0 aliphatic carbocycles. The van der Waals surface area contributed by atoms with E-state index < -0.39 is 6.10 Å². The van der Waals surface area contributed by atoms with Gasteiger partial charge in [-0.25, -0.2) is 4.39 Å². The van der Waals surface area contributed by atoms with Gasteiger partial charge in [0.15, 0.2) is 0 Å². The Morgan fingerprint density at radius 1 is 1.42 bits per heavy atom. The predicted octanol–water partition coefficient (Wildman–Crippen LogP) is 3.53. The van der Waals surface area contributed by atoms with E-state index in [1.54, 1.807) is 17.1 Å². The fourth-order valence-electron chi connectivity index (χ4n) is 1.83. The van der Waals surface area contributed by atoms with Gasteiger partial charge in [-0.1, -0.05) is 11.6 Å². The molecule has 1 aromatic heterocycles. The lowest BCUT2D eigenvalue weighted by molar-refractivity contribution is 0.177. The molecule has 2 rings (SSSR count). The topological polar surface area (TPSA) is 38.0 Å². The first kappa shape index (κ1) is 14.0. The van der Waals surface area contributed by atoms with E-state index in [0.29, 0.717) is 16.1 Å². The van der Waals surface area contributed by atoms with Crippen LogP contribution in [-0.2, 0) is 6.42 Å². The van der Waals surface area contributed by atoms with E-state index >= 15 is 0 Å². The highest BCUT2D eigenvalue weighted by molar-refractivity contribution is 6.30. The van der Waals surface area contributed by atoms with Crippen molar-refractivity contribution >= 4 is 11.6 Å². The number of rotatable bonds is 4. The highest BCUT2D eigenvalue weighted by atomic mass is 35.5. The van der Waals surface area contributed by atoms with Crippen molar-refractivity contribution in [2.45, 2.75) is 32.4 Å². The third kappa shape index (κ3) is 3.33. The predicted molar refractivity (Wildman–Crippen MR) is 72.7 cm³/mol. The molecule has 0 amide bonds. The summed E-state index contributed by atoms with van der Waals surface area (Å²) in [7, 11) is 0. The quantitative estimate of drug-likeness (QED) is 0.931. The van der Waals surface area contributed by atoms with Gasteiger partial charge in [0, 0.05) is 29.2 Å². The van der Waals surface area contributed by atoms with Gasteiger partial charge in [0.2, 0.25) is 0 Å². The van der Waals surface area contributed by atoms with Crippen LogP contribution in [0.3, 0.4) is 0 Å². The van der Waals surface area contributed by atoms with Crippen molar-refractivity contribution in [1.29, 1.82) is 0 Å². The average molecular weight is 283 g/mol. The number of aromatic nitrogens is 2. The van der Waals surface area contributed by atoms with Crippen LogP contribution in [0.5, 0.6) is 0 Å². The molecule has 0 fully saturated rings. The Kier molecular flexibility index (Phi) is 4.22. The fraction of sp³-hybridized carbons (Fsp3) is 0.357. The van der Waals surface area contributed by atoms with Crippen LogP contribution in [-0.4, -0.2) is 14.9 Å². The van der Waals surface area contributed by atoms with Crippen molar-refractivity contribution in [3.63, 3.8) is 0 Å². The number of aliphatic hydroxyl groups excluding tert-OH is 1. The fourth-order valence-corrected chi connectivity index (χ4v) is 2.03. The van der Waals surface area contributed by atoms with E-state index in [4.69, 9.17) is 11.6 Å². The van der Waals surface area contributed by atoms with E-state index in [1.807, 2.05) is 13.8 Å². The van der Waals surface area contributed by atoms with Crippen LogP contribution in [0.15, 0.2) is 30.6 Å². The molecule has 1 unspecified atom stereocenters. The molecule has 0 bridgehead atoms. The molecule has 0 radical (unpaired) electrons. The lowest BCUT2D eigenvalue weighted by Gasteiger charge is -2.10. The van der Waals surface area contributed by atoms with Crippen molar-refractivity contribution in [1.82, 2.24) is 9.78 Å². The van der Waals surface area contributed by atoms with Crippen LogP contribution in [0, 0.1) is 5.82 Å². The molecule has 1 aromatic carbocycles. The lowest BCUT2D eigenvalue weighted by atomic mass is 10.0. The van der Waals surface area contributed by atoms with Gasteiger partial charge in [0.1, 0.15) is 5.82 Å². The zero-order valence-corrected chi connectivity index (χ0v) is 11.6. The van der Waals surface area contributed by atoms with E-state index in [0.717, 1.165) is 0 Å². The highest BCUT2D eigenvalue weighted by Crippen LogP contribution is 2.22. The SMILES string of the molecule is CC(C)n1cc(C(O)Cc2cc(Cl)ccc2F)cn1. The van der Waals surface area contributed by atoms with E-state index in [1.165, 1.54) is 18.2 Å². The standard InChI is InChI=1S/C14H16ClFN2O/c1-9(2)18-8-11(7-17-18)14(19)6-10-5-12(15)3-4-13(10)16/h3-5,7-9,14,19H,6H2,1-2H3. The van der Waals surface area contributed by atoms with Crippen molar-refractivity contribution in [2.75, 3.05) is 0 Å². The maximum Gasteiger partial charge on any atom is 0.126 e.